The third kappa shape index (κ3) is 3.17. The molecule has 0 amide bonds. The molecule has 4 aromatic rings. The molecule has 0 radical (unpaired) electrons. The highest BCUT2D eigenvalue weighted by Crippen LogP contribution is 2.48. The zero-order chi connectivity index (χ0) is 20.7. The van der Waals surface area contributed by atoms with E-state index in [0.29, 0.717) is 0 Å². The number of anilines is 3. The van der Waals surface area contributed by atoms with E-state index in [2.05, 4.69) is 63.9 Å². The molecule has 1 atom stereocenters. The standard InChI is InChI=1S/C26H18INO2/c27-17-11-13-21-22-14-12-20(16-24(22)25(26(29)30)23(21)15-17)28(18-7-3-1-4-8-18)19-9-5-2-6-10-19/h1-16,25H,(H,29,30). The van der Waals surface area contributed by atoms with E-state index in [4.69, 9.17) is 0 Å². The second-order valence-electron chi connectivity index (χ2n) is 7.28. The van der Waals surface area contributed by atoms with E-state index in [-0.39, 0.29) is 0 Å². The van der Waals surface area contributed by atoms with Gasteiger partial charge in [-0.1, -0.05) is 48.5 Å². The largest absolute Gasteiger partial charge is 0.481 e. The third-order valence-electron chi connectivity index (χ3n) is 5.49. The van der Waals surface area contributed by atoms with E-state index in [9.17, 15) is 9.90 Å². The Kier molecular flexibility index (Phi) is 4.79. The Bertz CT molecular complexity index is 1200. The van der Waals surface area contributed by atoms with E-state index in [1.165, 1.54) is 0 Å². The summed E-state index contributed by atoms with van der Waals surface area (Å²) in [5.74, 6) is -1.47. The second kappa shape index (κ2) is 7.61. The second-order valence-corrected chi connectivity index (χ2v) is 8.53. The topological polar surface area (TPSA) is 40.5 Å². The number of carboxylic acids is 1. The van der Waals surface area contributed by atoms with Crippen LogP contribution >= 0.6 is 22.6 Å². The Morgan fingerprint density at radius 3 is 1.80 bits per heavy atom. The predicted octanol–water partition coefficient (Wildman–Crippen LogP) is 6.96. The molecule has 4 heteroatoms. The average molecular weight is 503 g/mol. The first-order valence-electron chi connectivity index (χ1n) is 9.70. The van der Waals surface area contributed by atoms with Crippen LogP contribution in [0.25, 0.3) is 11.1 Å². The first-order chi connectivity index (χ1) is 14.6. The molecule has 30 heavy (non-hydrogen) atoms. The van der Waals surface area contributed by atoms with Crippen molar-refractivity contribution < 1.29 is 9.90 Å². The summed E-state index contributed by atoms with van der Waals surface area (Å²) >= 11 is 2.24. The van der Waals surface area contributed by atoms with E-state index in [1.807, 2.05) is 60.7 Å². The first-order valence-corrected chi connectivity index (χ1v) is 10.8. The van der Waals surface area contributed by atoms with Crippen molar-refractivity contribution in [3.63, 3.8) is 0 Å². The van der Waals surface area contributed by atoms with E-state index < -0.39 is 11.9 Å². The van der Waals surface area contributed by atoms with Crippen LogP contribution < -0.4 is 4.90 Å². The molecule has 4 aromatic carbocycles. The monoisotopic (exact) mass is 503 g/mol. The minimum absolute atomic E-state index is 0.655. The van der Waals surface area contributed by atoms with Gasteiger partial charge >= 0.3 is 5.97 Å². The van der Waals surface area contributed by atoms with Gasteiger partial charge < -0.3 is 10.0 Å². The molecule has 1 unspecified atom stereocenters. The van der Waals surface area contributed by atoms with Gasteiger partial charge in [-0.15, -0.1) is 0 Å². The van der Waals surface area contributed by atoms with Crippen molar-refractivity contribution in [2.75, 3.05) is 4.90 Å². The number of hydrogen-bond acceptors (Lipinski definition) is 2. The minimum atomic E-state index is -0.819. The van der Waals surface area contributed by atoms with Crippen molar-refractivity contribution in [1.82, 2.24) is 0 Å². The maximum atomic E-state index is 12.2. The number of fused-ring (bicyclic) bond motifs is 3. The first kappa shape index (κ1) is 18.9. The van der Waals surface area contributed by atoms with E-state index >= 15 is 0 Å². The summed E-state index contributed by atoms with van der Waals surface area (Å²) in [7, 11) is 0. The summed E-state index contributed by atoms with van der Waals surface area (Å²) in [6, 6.07) is 32.5. The van der Waals surface area contributed by atoms with Crippen LogP contribution in [0.3, 0.4) is 0 Å². The smallest absolute Gasteiger partial charge is 0.315 e. The molecule has 146 valence electrons. The lowest BCUT2D eigenvalue weighted by atomic mass is 9.96. The Hall–Kier alpha value is -3.12. The number of nitrogens with zero attached hydrogens (tertiary/aromatic N) is 1. The van der Waals surface area contributed by atoms with E-state index in [0.717, 1.165) is 42.9 Å². The molecule has 1 aliphatic rings. The minimum Gasteiger partial charge on any atom is -0.481 e. The molecule has 0 bridgehead atoms. The van der Waals surface area contributed by atoms with Crippen LogP contribution in [0.2, 0.25) is 0 Å². The van der Waals surface area contributed by atoms with Gasteiger partial charge in [0.1, 0.15) is 5.92 Å². The summed E-state index contributed by atoms with van der Waals surface area (Å²) in [4.78, 5) is 14.4. The van der Waals surface area contributed by atoms with Crippen LogP contribution in [0.4, 0.5) is 17.1 Å². The molecule has 3 nitrogen and oxygen atoms in total. The highest BCUT2D eigenvalue weighted by Gasteiger charge is 2.34. The molecular weight excluding hydrogens is 485 g/mol. The molecule has 0 fully saturated rings. The SMILES string of the molecule is O=C(O)C1c2cc(I)ccc2-c2ccc(N(c3ccccc3)c3ccccc3)cc21. The lowest BCUT2D eigenvalue weighted by Crippen LogP contribution is -2.13. The number of aliphatic carboxylic acids is 1. The van der Waals surface area contributed by atoms with Gasteiger partial charge in [-0.25, -0.2) is 0 Å². The Morgan fingerprint density at radius 1 is 0.700 bits per heavy atom. The molecular formula is C26H18INO2. The maximum Gasteiger partial charge on any atom is 0.315 e. The fraction of sp³-hybridized carbons (Fsp3) is 0.0385. The number of benzene rings is 4. The number of halogens is 1. The Labute approximate surface area is 188 Å². The van der Waals surface area contributed by atoms with Crippen LogP contribution in [0.1, 0.15) is 17.0 Å². The number of para-hydroxylation sites is 2. The number of carboxylic acid groups (broad SMARTS) is 1. The fourth-order valence-corrected chi connectivity index (χ4v) is 4.74. The van der Waals surface area contributed by atoms with Gasteiger partial charge in [0.25, 0.3) is 0 Å². The number of carbonyl (C=O) groups is 1. The van der Waals surface area contributed by atoms with Crippen molar-refractivity contribution >= 4 is 45.6 Å². The molecule has 0 spiro atoms. The van der Waals surface area contributed by atoms with Crippen molar-refractivity contribution in [2.24, 2.45) is 0 Å². The molecule has 0 saturated heterocycles. The summed E-state index contributed by atoms with van der Waals surface area (Å²) in [5.41, 5.74) is 6.72. The lowest BCUT2D eigenvalue weighted by molar-refractivity contribution is -0.137. The number of hydrogen-bond donors (Lipinski definition) is 1. The molecule has 0 aromatic heterocycles. The Balaban J connectivity index is 1.70. The van der Waals surface area contributed by atoms with Gasteiger partial charge in [0, 0.05) is 20.6 Å². The fourth-order valence-electron chi connectivity index (χ4n) is 4.23. The van der Waals surface area contributed by atoms with Gasteiger partial charge in [0.05, 0.1) is 0 Å². The van der Waals surface area contributed by atoms with Crippen LogP contribution in [0.15, 0.2) is 97.1 Å². The van der Waals surface area contributed by atoms with Crippen molar-refractivity contribution in [3.8, 4) is 11.1 Å². The van der Waals surface area contributed by atoms with Crippen molar-refractivity contribution in [3.05, 3.63) is 112 Å². The van der Waals surface area contributed by atoms with Gasteiger partial charge in [-0.2, -0.15) is 0 Å². The summed E-state index contributed by atoms with van der Waals surface area (Å²) < 4.78 is 1.04. The number of rotatable bonds is 4. The van der Waals surface area contributed by atoms with Gasteiger partial charge in [0.15, 0.2) is 0 Å². The van der Waals surface area contributed by atoms with Gasteiger partial charge in [0.2, 0.25) is 0 Å². The normalized spacial score (nSPS) is 14.1. The summed E-state index contributed by atoms with van der Waals surface area (Å²) in [5, 5.41) is 10.0. The lowest BCUT2D eigenvalue weighted by Gasteiger charge is -2.26. The van der Waals surface area contributed by atoms with Crippen LogP contribution in [-0.4, -0.2) is 11.1 Å². The highest BCUT2D eigenvalue weighted by atomic mass is 127. The van der Waals surface area contributed by atoms with Gasteiger partial charge in [-0.3, -0.25) is 4.79 Å². The average Bonchev–Trinajstić information content (AvgIpc) is 3.08. The van der Waals surface area contributed by atoms with Crippen molar-refractivity contribution in [2.45, 2.75) is 5.92 Å². The molecule has 1 aliphatic carbocycles. The highest BCUT2D eigenvalue weighted by molar-refractivity contribution is 14.1. The zero-order valence-electron chi connectivity index (χ0n) is 16.0. The predicted molar refractivity (Wildman–Crippen MR) is 129 cm³/mol. The molecule has 0 heterocycles. The zero-order valence-corrected chi connectivity index (χ0v) is 18.2. The molecule has 1 N–H and O–H groups in total. The van der Waals surface area contributed by atoms with Crippen LogP contribution in [0, 0.1) is 3.57 Å². The van der Waals surface area contributed by atoms with Crippen LogP contribution in [0.5, 0.6) is 0 Å². The molecule has 0 aliphatic heterocycles. The molecule has 5 rings (SSSR count). The summed E-state index contributed by atoms with van der Waals surface area (Å²) in [6.07, 6.45) is 0. The maximum absolute atomic E-state index is 12.2. The third-order valence-corrected chi connectivity index (χ3v) is 6.17. The van der Waals surface area contributed by atoms with Gasteiger partial charge in [-0.05, 0) is 93.4 Å². The Morgan fingerprint density at radius 2 is 1.23 bits per heavy atom. The van der Waals surface area contributed by atoms with E-state index in [1.54, 1.807) is 0 Å². The van der Waals surface area contributed by atoms with Crippen LogP contribution in [-0.2, 0) is 4.79 Å². The summed E-state index contributed by atoms with van der Waals surface area (Å²) in [6.45, 7) is 0. The molecule has 0 saturated carbocycles. The quantitative estimate of drug-likeness (QED) is 0.306. The van der Waals surface area contributed by atoms with Crippen molar-refractivity contribution in [1.29, 1.82) is 0 Å².